The van der Waals surface area contributed by atoms with Crippen LogP contribution in [0.1, 0.15) is 48.4 Å². The van der Waals surface area contributed by atoms with Crippen LogP contribution in [0.5, 0.6) is 5.75 Å². The largest absolute Gasteiger partial charge is 0.573 e. The molecule has 196 valence electrons. The third-order valence-corrected chi connectivity index (χ3v) is 6.29. The second-order valence-electron chi connectivity index (χ2n) is 8.88. The van der Waals surface area contributed by atoms with Crippen molar-refractivity contribution < 1.29 is 39.9 Å². The van der Waals surface area contributed by atoms with Crippen LogP contribution in [0, 0.1) is 29.1 Å². The van der Waals surface area contributed by atoms with Crippen LogP contribution in [0.3, 0.4) is 0 Å². The highest BCUT2D eigenvalue weighted by atomic mass is 19.4. The number of hydrogen-bond donors (Lipinski definition) is 0. The molecule has 0 saturated heterocycles. The zero-order valence-electron chi connectivity index (χ0n) is 19.7. The van der Waals surface area contributed by atoms with E-state index < -0.39 is 41.2 Å². The molecule has 1 aliphatic rings. The molecule has 0 heterocycles. The smallest absolute Gasteiger partial charge is 0.399 e. The van der Waals surface area contributed by atoms with Crippen molar-refractivity contribution in [2.45, 2.75) is 51.8 Å². The van der Waals surface area contributed by atoms with Crippen LogP contribution in [0.15, 0.2) is 42.5 Å². The van der Waals surface area contributed by atoms with Gasteiger partial charge in [0.25, 0.3) is 0 Å². The molecule has 0 aromatic heterocycles. The molecule has 37 heavy (non-hydrogen) atoms. The van der Waals surface area contributed by atoms with Crippen molar-refractivity contribution in [3.05, 3.63) is 93.8 Å². The Hall–Kier alpha value is -3.36. The van der Waals surface area contributed by atoms with E-state index in [-0.39, 0.29) is 35.1 Å². The molecular weight excluding hydrogens is 504 g/mol. The number of aryl methyl sites for hydroxylation is 1. The Morgan fingerprint density at radius 3 is 2.08 bits per heavy atom. The molecule has 1 nitrogen and oxygen atoms in total. The van der Waals surface area contributed by atoms with Gasteiger partial charge in [-0.3, -0.25) is 0 Å². The van der Waals surface area contributed by atoms with Gasteiger partial charge >= 0.3 is 6.36 Å². The van der Waals surface area contributed by atoms with Gasteiger partial charge in [0, 0.05) is 11.1 Å². The first-order valence-electron chi connectivity index (χ1n) is 11.7. The highest BCUT2D eigenvalue weighted by Gasteiger charge is 2.34. The maximum Gasteiger partial charge on any atom is 0.573 e. The number of unbranched alkanes of at least 4 members (excludes halogenated alkanes) is 2. The minimum Gasteiger partial charge on any atom is -0.399 e. The van der Waals surface area contributed by atoms with Crippen molar-refractivity contribution in [3.8, 4) is 16.9 Å². The second-order valence-corrected chi connectivity index (χ2v) is 8.88. The summed E-state index contributed by atoms with van der Waals surface area (Å²) < 4.78 is 114. The maximum atomic E-state index is 15.3. The summed E-state index contributed by atoms with van der Waals surface area (Å²) >= 11 is 0. The standard InChI is InChI=1S/C28H22F8O/c1-2-3-4-5-15-10-21(29)25(22(30)11-15)17-7-9-19-16(12-17)6-8-20(26(19)33)18-13-23(31)27(24(32)14-18)37-28(34,35)36/h6-8,10-11,13-14H,2-5,9,12H2,1H3. The van der Waals surface area contributed by atoms with Crippen LogP contribution >= 0.6 is 0 Å². The molecule has 0 fully saturated rings. The first-order valence-corrected chi connectivity index (χ1v) is 11.7. The van der Waals surface area contributed by atoms with E-state index in [1.807, 2.05) is 6.92 Å². The SMILES string of the molecule is CCCCCc1cc(F)c(C2=CCc3c(ccc(-c4cc(F)c(OC(F)(F)F)c(F)c4)c3F)C2)c(F)c1. The van der Waals surface area contributed by atoms with Crippen molar-refractivity contribution in [2.24, 2.45) is 0 Å². The minimum atomic E-state index is -5.31. The van der Waals surface area contributed by atoms with Gasteiger partial charge in [0.05, 0.1) is 0 Å². The lowest BCUT2D eigenvalue weighted by molar-refractivity contribution is -0.276. The van der Waals surface area contributed by atoms with Gasteiger partial charge in [0.1, 0.15) is 17.5 Å². The predicted molar refractivity (Wildman–Crippen MR) is 123 cm³/mol. The average molecular weight is 526 g/mol. The molecule has 0 atom stereocenters. The summed E-state index contributed by atoms with van der Waals surface area (Å²) in [6.45, 7) is 2.03. The molecule has 3 aromatic carbocycles. The van der Waals surface area contributed by atoms with Crippen molar-refractivity contribution in [2.75, 3.05) is 0 Å². The third-order valence-electron chi connectivity index (χ3n) is 6.29. The molecule has 0 radical (unpaired) electrons. The second kappa shape index (κ2) is 10.6. The van der Waals surface area contributed by atoms with Gasteiger partial charge < -0.3 is 4.74 Å². The fourth-order valence-electron chi connectivity index (χ4n) is 4.55. The summed E-state index contributed by atoms with van der Waals surface area (Å²) in [5, 5.41) is 0. The first-order chi connectivity index (χ1) is 17.5. The van der Waals surface area contributed by atoms with Gasteiger partial charge in [-0.1, -0.05) is 38.0 Å². The highest BCUT2D eigenvalue weighted by Crippen LogP contribution is 2.38. The Kier molecular flexibility index (Phi) is 7.62. The number of hydrogen-bond acceptors (Lipinski definition) is 1. The number of alkyl halides is 3. The number of benzene rings is 3. The molecule has 0 saturated carbocycles. The monoisotopic (exact) mass is 526 g/mol. The van der Waals surface area contributed by atoms with Crippen LogP contribution in [-0.2, 0) is 19.3 Å². The lowest BCUT2D eigenvalue weighted by Gasteiger charge is -2.21. The Labute approximate surface area is 208 Å². The molecule has 9 heteroatoms. The summed E-state index contributed by atoms with van der Waals surface area (Å²) in [7, 11) is 0. The van der Waals surface area contributed by atoms with Crippen molar-refractivity contribution in [1.82, 2.24) is 0 Å². The number of rotatable bonds is 7. The molecular formula is C28H22F8O. The number of fused-ring (bicyclic) bond motifs is 1. The fraction of sp³-hybridized carbons (Fsp3) is 0.286. The summed E-state index contributed by atoms with van der Waals surface area (Å²) in [6, 6.07) is 6.40. The first kappa shape index (κ1) is 26.7. The number of allylic oxidation sites excluding steroid dienone is 2. The molecule has 0 N–H and O–H groups in total. The van der Waals surface area contributed by atoms with Gasteiger partial charge in [-0.05, 0) is 77.8 Å². The Balaban J connectivity index is 1.62. The number of halogens is 8. The van der Waals surface area contributed by atoms with E-state index in [1.54, 1.807) is 0 Å². The summed E-state index contributed by atoms with van der Waals surface area (Å²) in [6.07, 6.45) is -0.521. The fourth-order valence-corrected chi connectivity index (χ4v) is 4.55. The molecule has 4 rings (SSSR count). The zero-order chi connectivity index (χ0) is 26.9. The van der Waals surface area contributed by atoms with E-state index >= 15 is 4.39 Å². The van der Waals surface area contributed by atoms with Crippen molar-refractivity contribution >= 4 is 5.57 Å². The van der Waals surface area contributed by atoms with Gasteiger partial charge in [-0.2, -0.15) is 0 Å². The molecule has 3 aromatic rings. The summed E-state index contributed by atoms with van der Waals surface area (Å²) in [5.41, 5.74) is 0.762. The molecule has 1 aliphatic carbocycles. The molecule has 0 bridgehead atoms. The van der Waals surface area contributed by atoms with Crippen LogP contribution in [0.25, 0.3) is 16.7 Å². The number of ether oxygens (including phenoxy) is 1. The Morgan fingerprint density at radius 2 is 1.49 bits per heavy atom. The van der Waals surface area contributed by atoms with Crippen molar-refractivity contribution in [3.63, 3.8) is 0 Å². The Morgan fingerprint density at radius 1 is 0.838 bits per heavy atom. The van der Waals surface area contributed by atoms with Crippen LogP contribution in [-0.4, -0.2) is 6.36 Å². The molecule has 0 aliphatic heterocycles. The van der Waals surface area contributed by atoms with Gasteiger partial charge in [0.2, 0.25) is 5.75 Å². The average Bonchev–Trinajstić information content (AvgIpc) is 2.81. The van der Waals surface area contributed by atoms with E-state index in [9.17, 15) is 30.7 Å². The lowest BCUT2D eigenvalue weighted by atomic mass is 9.85. The normalized spacial score (nSPS) is 13.4. The third kappa shape index (κ3) is 5.81. The van der Waals surface area contributed by atoms with E-state index in [0.29, 0.717) is 35.3 Å². The van der Waals surface area contributed by atoms with E-state index in [4.69, 9.17) is 0 Å². The molecule has 0 amide bonds. The van der Waals surface area contributed by atoms with E-state index in [1.165, 1.54) is 30.3 Å². The molecule has 0 unspecified atom stereocenters. The Bertz CT molecular complexity index is 1310. The van der Waals surface area contributed by atoms with Crippen LogP contribution < -0.4 is 4.74 Å². The topological polar surface area (TPSA) is 9.23 Å². The quantitative estimate of drug-likeness (QED) is 0.221. The van der Waals surface area contributed by atoms with E-state index in [2.05, 4.69) is 4.74 Å². The van der Waals surface area contributed by atoms with Crippen LogP contribution in [0.2, 0.25) is 0 Å². The highest BCUT2D eigenvalue weighted by molar-refractivity contribution is 5.74. The van der Waals surface area contributed by atoms with Crippen LogP contribution in [0.4, 0.5) is 35.1 Å². The van der Waals surface area contributed by atoms with Gasteiger partial charge in [-0.25, -0.2) is 22.0 Å². The summed E-state index contributed by atoms with van der Waals surface area (Å²) in [4.78, 5) is 0. The maximum absolute atomic E-state index is 15.3. The van der Waals surface area contributed by atoms with Crippen molar-refractivity contribution in [1.29, 1.82) is 0 Å². The predicted octanol–water partition coefficient (Wildman–Crippen LogP) is 8.86. The zero-order valence-corrected chi connectivity index (χ0v) is 19.7. The molecule has 0 spiro atoms. The van der Waals surface area contributed by atoms with Gasteiger partial charge in [0.15, 0.2) is 11.6 Å². The van der Waals surface area contributed by atoms with E-state index in [0.717, 1.165) is 19.3 Å². The lowest BCUT2D eigenvalue weighted by Crippen LogP contribution is -2.19. The van der Waals surface area contributed by atoms with Gasteiger partial charge in [-0.15, -0.1) is 13.2 Å². The summed E-state index contributed by atoms with van der Waals surface area (Å²) in [5.74, 6) is -7.16. The minimum absolute atomic E-state index is 0.0244.